The van der Waals surface area contributed by atoms with Crippen molar-refractivity contribution in [3.05, 3.63) is 40.8 Å². The molecule has 1 aliphatic rings. The van der Waals surface area contributed by atoms with E-state index in [9.17, 15) is 4.79 Å². The first kappa shape index (κ1) is 15.3. The second-order valence-electron chi connectivity index (χ2n) is 5.52. The molecular formula is C16H17N5OS2. The number of thiazole rings is 2. The molecule has 0 spiro atoms. The van der Waals surface area contributed by atoms with Crippen molar-refractivity contribution < 1.29 is 4.79 Å². The van der Waals surface area contributed by atoms with Crippen molar-refractivity contribution in [2.75, 3.05) is 31.1 Å². The third-order valence-corrected chi connectivity index (χ3v) is 5.85. The summed E-state index contributed by atoms with van der Waals surface area (Å²) in [7, 11) is 0. The highest BCUT2D eigenvalue weighted by Crippen LogP contribution is 2.21. The number of amides is 2. The number of hydrogen-bond donors (Lipinski definition) is 1. The Morgan fingerprint density at radius 1 is 1.21 bits per heavy atom. The predicted octanol–water partition coefficient (Wildman–Crippen LogP) is 2.78. The summed E-state index contributed by atoms with van der Waals surface area (Å²) in [6.45, 7) is 3.55. The van der Waals surface area contributed by atoms with Crippen LogP contribution in [0.1, 0.15) is 5.01 Å². The zero-order chi connectivity index (χ0) is 16.4. The van der Waals surface area contributed by atoms with E-state index < -0.39 is 0 Å². The molecule has 0 aliphatic carbocycles. The second-order valence-corrected chi connectivity index (χ2v) is 7.51. The van der Waals surface area contributed by atoms with Crippen LogP contribution in [0.2, 0.25) is 0 Å². The number of rotatable bonds is 3. The van der Waals surface area contributed by atoms with Crippen LogP contribution >= 0.6 is 22.7 Å². The van der Waals surface area contributed by atoms with Gasteiger partial charge in [-0.25, -0.2) is 14.8 Å². The van der Waals surface area contributed by atoms with Gasteiger partial charge in [0.15, 0.2) is 5.13 Å². The summed E-state index contributed by atoms with van der Waals surface area (Å²) in [5, 5.41) is 6.93. The monoisotopic (exact) mass is 359 g/mol. The molecule has 8 heteroatoms. The first-order valence-corrected chi connectivity index (χ1v) is 9.51. The molecule has 2 amide bonds. The number of piperazine rings is 1. The molecule has 24 heavy (non-hydrogen) atoms. The minimum atomic E-state index is -0.0203. The molecule has 0 bridgehead atoms. The number of anilines is 1. The number of nitrogens with one attached hydrogen (secondary N) is 1. The van der Waals surface area contributed by atoms with Gasteiger partial charge < -0.3 is 15.1 Å². The molecule has 2 aromatic heterocycles. The minimum absolute atomic E-state index is 0.0203. The first-order valence-electron chi connectivity index (χ1n) is 7.81. The second kappa shape index (κ2) is 6.74. The first-order chi connectivity index (χ1) is 11.8. The third kappa shape index (κ3) is 3.20. The molecule has 0 radical (unpaired) electrons. The Morgan fingerprint density at radius 3 is 2.79 bits per heavy atom. The Balaban J connectivity index is 1.30. The van der Waals surface area contributed by atoms with Gasteiger partial charge in [0.2, 0.25) is 0 Å². The summed E-state index contributed by atoms with van der Waals surface area (Å²) < 4.78 is 1.15. The highest BCUT2D eigenvalue weighted by atomic mass is 32.1. The number of fused-ring (bicyclic) bond motifs is 1. The maximum atomic E-state index is 12.3. The zero-order valence-electron chi connectivity index (χ0n) is 13.0. The van der Waals surface area contributed by atoms with E-state index in [-0.39, 0.29) is 6.03 Å². The van der Waals surface area contributed by atoms with Crippen LogP contribution in [0.25, 0.3) is 10.2 Å². The highest BCUT2D eigenvalue weighted by molar-refractivity contribution is 7.18. The molecule has 1 aromatic carbocycles. The third-order valence-electron chi connectivity index (χ3n) is 3.99. The Morgan fingerprint density at radius 2 is 2.04 bits per heavy atom. The Hall–Kier alpha value is -2.19. The number of nitrogens with zero attached hydrogens (tertiary/aromatic N) is 4. The van der Waals surface area contributed by atoms with Gasteiger partial charge in [-0.2, -0.15) is 0 Å². The standard InChI is InChI=1S/C16H17N5OS2/c22-15(18-11-14-19-12-3-1-2-4-13(12)24-14)20-6-8-21(9-7-20)16-17-5-10-23-16/h1-5,10H,6-9,11H2,(H,18,22). The predicted molar refractivity (Wildman–Crippen MR) is 97.8 cm³/mol. The summed E-state index contributed by atoms with van der Waals surface area (Å²) in [5.74, 6) is 0. The van der Waals surface area contributed by atoms with Crippen LogP contribution in [-0.4, -0.2) is 47.1 Å². The smallest absolute Gasteiger partial charge is 0.317 e. The lowest BCUT2D eigenvalue weighted by Gasteiger charge is -2.34. The fraction of sp³-hybridized carbons (Fsp3) is 0.312. The number of carbonyl (C=O) groups excluding carboxylic acids is 1. The molecule has 0 atom stereocenters. The van der Waals surface area contributed by atoms with E-state index in [4.69, 9.17) is 0 Å². The molecule has 0 unspecified atom stereocenters. The summed E-state index contributed by atoms with van der Waals surface area (Å²) in [4.78, 5) is 25.3. The lowest BCUT2D eigenvalue weighted by molar-refractivity contribution is 0.194. The Bertz CT molecular complexity index is 791. The van der Waals surface area contributed by atoms with Gasteiger partial charge in [0.25, 0.3) is 0 Å². The van der Waals surface area contributed by atoms with Gasteiger partial charge in [-0.15, -0.1) is 22.7 Å². The number of benzene rings is 1. The summed E-state index contributed by atoms with van der Waals surface area (Å²) in [6, 6.07) is 8.01. The highest BCUT2D eigenvalue weighted by Gasteiger charge is 2.22. The van der Waals surface area contributed by atoms with Gasteiger partial charge in [-0.05, 0) is 12.1 Å². The van der Waals surface area contributed by atoms with E-state index in [1.54, 1.807) is 22.7 Å². The van der Waals surface area contributed by atoms with Crippen molar-refractivity contribution in [3.63, 3.8) is 0 Å². The molecule has 1 N–H and O–H groups in total. The largest absolute Gasteiger partial charge is 0.345 e. The fourth-order valence-electron chi connectivity index (χ4n) is 2.73. The molecule has 124 valence electrons. The van der Waals surface area contributed by atoms with Crippen LogP contribution in [0.5, 0.6) is 0 Å². The average molecular weight is 359 g/mol. The van der Waals surface area contributed by atoms with Gasteiger partial charge in [0.05, 0.1) is 16.8 Å². The topological polar surface area (TPSA) is 61.4 Å². The van der Waals surface area contributed by atoms with Crippen LogP contribution in [0, 0.1) is 0 Å². The summed E-state index contributed by atoms with van der Waals surface area (Å²) >= 11 is 3.26. The van der Waals surface area contributed by atoms with Gasteiger partial charge in [-0.1, -0.05) is 12.1 Å². The number of carbonyl (C=O) groups is 1. The number of para-hydroxylation sites is 1. The van der Waals surface area contributed by atoms with Gasteiger partial charge in [-0.3, -0.25) is 0 Å². The van der Waals surface area contributed by atoms with Crippen molar-refractivity contribution in [1.29, 1.82) is 0 Å². The maximum absolute atomic E-state index is 12.3. The Kier molecular flexibility index (Phi) is 4.31. The van der Waals surface area contributed by atoms with E-state index >= 15 is 0 Å². The zero-order valence-corrected chi connectivity index (χ0v) is 14.6. The molecule has 1 aliphatic heterocycles. The fourth-order valence-corrected chi connectivity index (χ4v) is 4.34. The molecule has 3 heterocycles. The van der Waals surface area contributed by atoms with Crippen LogP contribution in [0.3, 0.4) is 0 Å². The van der Waals surface area contributed by atoms with Crippen LogP contribution < -0.4 is 10.2 Å². The number of urea groups is 1. The van der Waals surface area contributed by atoms with Crippen LogP contribution in [0.4, 0.5) is 9.93 Å². The summed E-state index contributed by atoms with van der Waals surface area (Å²) in [5.41, 5.74) is 0.990. The van der Waals surface area contributed by atoms with E-state index in [1.165, 1.54) is 0 Å². The number of hydrogen-bond acceptors (Lipinski definition) is 6. The van der Waals surface area contributed by atoms with E-state index in [1.807, 2.05) is 34.7 Å². The van der Waals surface area contributed by atoms with Crippen molar-refractivity contribution in [2.45, 2.75) is 6.54 Å². The van der Waals surface area contributed by atoms with Gasteiger partial charge >= 0.3 is 6.03 Å². The van der Waals surface area contributed by atoms with Crippen LogP contribution in [0.15, 0.2) is 35.8 Å². The quantitative estimate of drug-likeness (QED) is 0.781. The van der Waals surface area contributed by atoms with E-state index in [0.717, 1.165) is 33.4 Å². The number of aromatic nitrogens is 2. The molecule has 1 fully saturated rings. The molecule has 4 rings (SSSR count). The van der Waals surface area contributed by atoms with Crippen molar-refractivity contribution in [3.8, 4) is 0 Å². The Labute approximate surface area is 147 Å². The van der Waals surface area contributed by atoms with Gasteiger partial charge in [0.1, 0.15) is 5.01 Å². The average Bonchev–Trinajstić information content (AvgIpc) is 3.29. The summed E-state index contributed by atoms with van der Waals surface area (Å²) in [6.07, 6.45) is 1.82. The minimum Gasteiger partial charge on any atom is -0.345 e. The molecule has 0 saturated carbocycles. The maximum Gasteiger partial charge on any atom is 0.317 e. The molecule has 1 saturated heterocycles. The molecule has 6 nitrogen and oxygen atoms in total. The lowest BCUT2D eigenvalue weighted by Crippen LogP contribution is -2.51. The van der Waals surface area contributed by atoms with Crippen molar-refractivity contribution >= 4 is 44.1 Å². The molecular weight excluding hydrogens is 342 g/mol. The normalized spacial score (nSPS) is 15.0. The van der Waals surface area contributed by atoms with E-state index in [0.29, 0.717) is 19.6 Å². The van der Waals surface area contributed by atoms with Crippen molar-refractivity contribution in [2.24, 2.45) is 0 Å². The van der Waals surface area contributed by atoms with E-state index in [2.05, 4.69) is 26.3 Å². The van der Waals surface area contributed by atoms with Crippen LogP contribution in [-0.2, 0) is 6.54 Å². The molecule has 3 aromatic rings. The lowest BCUT2D eigenvalue weighted by atomic mass is 10.3. The van der Waals surface area contributed by atoms with Crippen molar-refractivity contribution in [1.82, 2.24) is 20.2 Å². The van der Waals surface area contributed by atoms with Gasteiger partial charge in [0, 0.05) is 37.8 Å². The SMILES string of the molecule is O=C(NCc1nc2ccccc2s1)N1CCN(c2nccs2)CC1.